The first-order chi connectivity index (χ1) is 10.0. The Bertz CT molecular complexity index is 650. The highest BCUT2D eigenvalue weighted by atomic mass is 79.9. The zero-order chi connectivity index (χ0) is 15.4. The lowest BCUT2D eigenvalue weighted by atomic mass is 10.0. The molecule has 0 saturated heterocycles. The fourth-order valence-electron chi connectivity index (χ4n) is 2.10. The van der Waals surface area contributed by atoms with E-state index in [0.29, 0.717) is 0 Å². The van der Waals surface area contributed by atoms with E-state index in [-0.39, 0.29) is 21.9 Å². The van der Waals surface area contributed by atoms with Crippen LogP contribution in [0.3, 0.4) is 0 Å². The second kappa shape index (κ2) is 6.67. The SMILES string of the molecule is CCC(Nc1cc(F)c(Br)cc1[N+](=O)[O-])c1ccccc1. The Balaban J connectivity index is 2.37. The first kappa shape index (κ1) is 15.4. The van der Waals surface area contributed by atoms with E-state index >= 15 is 0 Å². The van der Waals surface area contributed by atoms with Crippen molar-refractivity contribution in [2.24, 2.45) is 0 Å². The fourth-order valence-corrected chi connectivity index (χ4v) is 2.43. The summed E-state index contributed by atoms with van der Waals surface area (Å²) < 4.78 is 13.7. The third kappa shape index (κ3) is 3.58. The molecule has 0 fully saturated rings. The smallest absolute Gasteiger partial charge is 0.293 e. The van der Waals surface area contributed by atoms with Crippen molar-refractivity contribution in [1.29, 1.82) is 0 Å². The van der Waals surface area contributed by atoms with E-state index in [2.05, 4.69) is 21.2 Å². The summed E-state index contributed by atoms with van der Waals surface area (Å²) in [5.41, 5.74) is 1.02. The standard InChI is InChI=1S/C15H14BrFN2O2/c1-2-13(10-6-4-3-5-7-10)18-14-9-12(17)11(16)8-15(14)19(20)21/h3-9,13,18H,2H2,1H3. The lowest BCUT2D eigenvalue weighted by Gasteiger charge is -2.19. The predicted octanol–water partition coefficient (Wildman–Crippen LogP) is 5.06. The number of nitrogens with one attached hydrogen (secondary N) is 1. The number of benzene rings is 2. The van der Waals surface area contributed by atoms with Crippen LogP contribution in [0.5, 0.6) is 0 Å². The quantitative estimate of drug-likeness (QED) is 0.604. The largest absolute Gasteiger partial charge is 0.373 e. The molecule has 4 nitrogen and oxygen atoms in total. The van der Waals surface area contributed by atoms with Gasteiger partial charge in [0.25, 0.3) is 5.69 Å². The second-order valence-electron chi connectivity index (χ2n) is 4.56. The number of rotatable bonds is 5. The maximum absolute atomic E-state index is 13.7. The molecule has 0 aromatic heterocycles. The molecule has 0 saturated carbocycles. The summed E-state index contributed by atoms with van der Waals surface area (Å²) in [5, 5.41) is 14.2. The van der Waals surface area contributed by atoms with Crippen LogP contribution in [0, 0.1) is 15.9 Å². The summed E-state index contributed by atoms with van der Waals surface area (Å²) in [6, 6.07) is 11.8. The lowest BCUT2D eigenvalue weighted by molar-refractivity contribution is -0.384. The highest BCUT2D eigenvalue weighted by molar-refractivity contribution is 9.10. The molecule has 2 aromatic carbocycles. The molecule has 1 unspecified atom stereocenters. The minimum absolute atomic E-state index is 0.0764. The third-order valence-corrected chi connectivity index (χ3v) is 3.78. The van der Waals surface area contributed by atoms with Crippen LogP contribution >= 0.6 is 15.9 Å². The molecule has 0 aliphatic carbocycles. The highest BCUT2D eigenvalue weighted by Gasteiger charge is 2.20. The molecular formula is C15H14BrFN2O2. The molecule has 2 aromatic rings. The van der Waals surface area contributed by atoms with Crippen LogP contribution in [-0.2, 0) is 0 Å². The zero-order valence-electron chi connectivity index (χ0n) is 11.3. The van der Waals surface area contributed by atoms with Crippen LogP contribution in [0.2, 0.25) is 0 Å². The van der Waals surface area contributed by atoms with Gasteiger partial charge in [-0.2, -0.15) is 0 Å². The number of hydrogen-bond donors (Lipinski definition) is 1. The Morgan fingerprint density at radius 2 is 2.00 bits per heavy atom. The van der Waals surface area contributed by atoms with Crippen molar-refractivity contribution in [1.82, 2.24) is 0 Å². The van der Waals surface area contributed by atoms with Gasteiger partial charge in [-0.1, -0.05) is 37.3 Å². The van der Waals surface area contributed by atoms with Gasteiger partial charge in [0.2, 0.25) is 0 Å². The van der Waals surface area contributed by atoms with Gasteiger partial charge in [-0.15, -0.1) is 0 Å². The zero-order valence-corrected chi connectivity index (χ0v) is 12.9. The van der Waals surface area contributed by atoms with Gasteiger partial charge < -0.3 is 5.32 Å². The maximum atomic E-state index is 13.7. The van der Waals surface area contributed by atoms with Crippen molar-refractivity contribution < 1.29 is 9.31 Å². The van der Waals surface area contributed by atoms with E-state index in [1.165, 1.54) is 6.07 Å². The molecule has 0 spiro atoms. The molecule has 0 aliphatic heterocycles. The average Bonchev–Trinajstić information content (AvgIpc) is 2.48. The van der Waals surface area contributed by atoms with Gasteiger partial charge in [-0.3, -0.25) is 10.1 Å². The summed E-state index contributed by atoms with van der Waals surface area (Å²) in [4.78, 5) is 10.6. The monoisotopic (exact) mass is 352 g/mol. The molecule has 1 atom stereocenters. The van der Waals surface area contributed by atoms with Gasteiger partial charge in [0.05, 0.1) is 15.4 Å². The third-order valence-electron chi connectivity index (χ3n) is 3.18. The lowest BCUT2D eigenvalue weighted by Crippen LogP contribution is -2.11. The van der Waals surface area contributed by atoms with Gasteiger partial charge in [-0.25, -0.2) is 4.39 Å². The van der Waals surface area contributed by atoms with E-state index < -0.39 is 10.7 Å². The van der Waals surface area contributed by atoms with Crippen LogP contribution < -0.4 is 5.32 Å². The summed E-state index contributed by atoms with van der Waals surface area (Å²) in [7, 11) is 0. The van der Waals surface area contributed by atoms with Gasteiger partial charge in [-0.05, 0) is 27.9 Å². The van der Waals surface area contributed by atoms with Crippen molar-refractivity contribution in [3.05, 3.63) is 68.4 Å². The molecule has 110 valence electrons. The van der Waals surface area contributed by atoms with Crippen LogP contribution in [0.1, 0.15) is 24.9 Å². The van der Waals surface area contributed by atoms with E-state index in [1.54, 1.807) is 0 Å². The summed E-state index contributed by atoms with van der Waals surface area (Å²) in [6.45, 7) is 1.96. The molecule has 0 radical (unpaired) electrons. The second-order valence-corrected chi connectivity index (χ2v) is 5.41. The average molecular weight is 353 g/mol. The number of nitro groups is 1. The van der Waals surface area contributed by atoms with Crippen LogP contribution in [0.25, 0.3) is 0 Å². The summed E-state index contributed by atoms with van der Waals surface area (Å²) in [5.74, 6) is -0.536. The van der Waals surface area contributed by atoms with E-state index in [1.807, 2.05) is 37.3 Å². The maximum Gasteiger partial charge on any atom is 0.293 e. The molecule has 0 amide bonds. The van der Waals surface area contributed by atoms with E-state index in [0.717, 1.165) is 18.1 Å². The van der Waals surface area contributed by atoms with Gasteiger partial charge in [0, 0.05) is 12.1 Å². The van der Waals surface area contributed by atoms with Crippen molar-refractivity contribution >= 4 is 27.3 Å². The summed E-state index contributed by atoms with van der Waals surface area (Å²) in [6.07, 6.45) is 0.721. The molecule has 0 aliphatic rings. The Labute approximate surface area is 130 Å². The van der Waals surface area contributed by atoms with E-state index in [4.69, 9.17) is 0 Å². The molecule has 21 heavy (non-hydrogen) atoms. The van der Waals surface area contributed by atoms with Crippen LogP contribution in [-0.4, -0.2) is 4.92 Å². The minimum Gasteiger partial charge on any atom is -0.373 e. The Morgan fingerprint density at radius 1 is 1.33 bits per heavy atom. The molecule has 6 heteroatoms. The Morgan fingerprint density at radius 3 is 2.57 bits per heavy atom. The normalized spacial score (nSPS) is 12.0. The Hall–Kier alpha value is -1.95. The van der Waals surface area contributed by atoms with Crippen molar-refractivity contribution in [3.8, 4) is 0 Å². The van der Waals surface area contributed by atoms with Crippen molar-refractivity contribution in [3.63, 3.8) is 0 Å². The number of halogens is 2. The van der Waals surface area contributed by atoms with Gasteiger partial charge in [0.1, 0.15) is 11.5 Å². The van der Waals surface area contributed by atoms with E-state index in [9.17, 15) is 14.5 Å². The first-order valence-electron chi connectivity index (χ1n) is 6.47. The number of anilines is 1. The number of nitro benzene ring substituents is 1. The molecular weight excluding hydrogens is 339 g/mol. The molecule has 1 N–H and O–H groups in total. The number of hydrogen-bond acceptors (Lipinski definition) is 3. The Kier molecular flexibility index (Phi) is 4.90. The first-order valence-corrected chi connectivity index (χ1v) is 7.27. The van der Waals surface area contributed by atoms with Crippen LogP contribution in [0.4, 0.5) is 15.8 Å². The fraction of sp³-hybridized carbons (Fsp3) is 0.200. The number of nitrogens with zero attached hydrogens (tertiary/aromatic N) is 1. The van der Waals surface area contributed by atoms with Crippen molar-refractivity contribution in [2.45, 2.75) is 19.4 Å². The van der Waals surface area contributed by atoms with Gasteiger partial charge in [0.15, 0.2) is 0 Å². The summed E-state index contributed by atoms with van der Waals surface area (Å²) >= 11 is 2.97. The predicted molar refractivity (Wildman–Crippen MR) is 83.9 cm³/mol. The minimum atomic E-state index is -0.536. The molecule has 0 bridgehead atoms. The highest BCUT2D eigenvalue weighted by Crippen LogP contribution is 2.33. The van der Waals surface area contributed by atoms with Gasteiger partial charge >= 0.3 is 0 Å². The topological polar surface area (TPSA) is 55.2 Å². The van der Waals surface area contributed by atoms with Crippen LogP contribution in [0.15, 0.2) is 46.9 Å². The molecule has 2 rings (SSSR count). The van der Waals surface area contributed by atoms with Crippen molar-refractivity contribution in [2.75, 3.05) is 5.32 Å². The molecule has 0 heterocycles.